The molecule has 1 rings (SSSR count). The van der Waals surface area contributed by atoms with Crippen LogP contribution in [0.1, 0.15) is 93.6 Å². The first kappa shape index (κ1) is 25.3. The molecular weight excluding hydrogens is 388 g/mol. The summed E-state index contributed by atoms with van der Waals surface area (Å²) in [6, 6.07) is 0. The number of nitrogens with one attached hydrogen (secondary N) is 2. The highest BCUT2D eigenvalue weighted by Crippen LogP contribution is 2.11. The lowest BCUT2D eigenvalue weighted by Gasteiger charge is -2.07. The maximum absolute atomic E-state index is 12.1. The lowest BCUT2D eigenvalue weighted by atomic mass is 10.0. The Morgan fingerprint density at radius 2 is 1.83 bits per heavy atom. The number of carbonyl (C=O) groups is 1. The van der Waals surface area contributed by atoms with Gasteiger partial charge in [0, 0.05) is 5.56 Å². The van der Waals surface area contributed by atoms with Crippen molar-refractivity contribution in [2.24, 2.45) is 0 Å². The largest absolute Gasteiger partial charge is 0.464 e. The highest BCUT2D eigenvalue weighted by atomic mass is 32.1. The molecule has 7 heteroatoms. The standard InChI is InChI=1S/C22H36N2O4S/c1-3-4-5-11-14-17(25)15-12-9-7-6-8-10-13-16-18-19(21(27)28-2)23-22(29)24-20(18)26/h9,12,17,25H,3-8,10-11,13-16H2,1-2H3,(H2,23,24,26,29)/b12-9-/t17-/m0/s1. The van der Waals surface area contributed by atoms with Crippen LogP contribution in [0.2, 0.25) is 0 Å². The number of aromatic nitrogens is 2. The van der Waals surface area contributed by atoms with Crippen LogP contribution in [-0.2, 0) is 11.2 Å². The molecule has 29 heavy (non-hydrogen) atoms. The normalized spacial score (nSPS) is 12.4. The molecule has 0 aromatic carbocycles. The number of aliphatic hydroxyl groups excluding tert-OH is 1. The van der Waals surface area contributed by atoms with E-state index in [1.165, 1.54) is 26.4 Å². The molecule has 1 atom stereocenters. The van der Waals surface area contributed by atoms with Crippen LogP contribution >= 0.6 is 12.2 Å². The molecule has 3 N–H and O–H groups in total. The van der Waals surface area contributed by atoms with Crippen molar-refractivity contribution in [2.75, 3.05) is 7.11 Å². The molecule has 1 heterocycles. The topological polar surface area (TPSA) is 95.2 Å². The highest BCUT2D eigenvalue weighted by molar-refractivity contribution is 7.71. The van der Waals surface area contributed by atoms with Crippen LogP contribution in [0, 0.1) is 4.77 Å². The van der Waals surface area contributed by atoms with Gasteiger partial charge in [-0.05, 0) is 50.7 Å². The summed E-state index contributed by atoms with van der Waals surface area (Å²) in [5.74, 6) is -0.574. The van der Waals surface area contributed by atoms with Crippen LogP contribution in [0.5, 0.6) is 0 Å². The van der Waals surface area contributed by atoms with E-state index in [1.54, 1.807) is 0 Å². The second-order valence-electron chi connectivity index (χ2n) is 7.42. The van der Waals surface area contributed by atoms with Crippen LogP contribution in [0.4, 0.5) is 0 Å². The van der Waals surface area contributed by atoms with Crippen molar-refractivity contribution in [3.63, 3.8) is 0 Å². The number of esters is 1. The number of unbranched alkanes of at least 4 members (excludes halogenated alkanes) is 7. The molecular formula is C22H36N2O4S. The SMILES string of the molecule is CCCCCC[C@H](O)C/C=C\CCCCCCc1c(C(=O)OC)[nH]c(=S)[nH]c1=O. The summed E-state index contributed by atoms with van der Waals surface area (Å²) in [6.45, 7) is 2.19. The molecule has 1 aromatic heterocycles. The first-order chi connectivity index (χ1) is 14.0. The number of rotatable bonds is 15. The maximum atomic E-state index is 12.1. The van der Waals surface area contributed by atoms with E-state index in [4.69, 9.17) is 17.0 Å². The fourth-order valence-corrected chi connectivity index (χ4v) is 3.44. The van der Waals surface area contributed by atoms with Gasteiger partial charge in [-0.15, -0.1) is 0 Å². The summed E-state index contributed by atoms with van der Waals surface area (Å²) in [4.78, 5) is 29.2. The van der Waals surface area contributed by atoms with E-state index in [9.17, 15) is 14.7 Å². The zero-order valence-electron chi connectivity index (χ0n) is 17.8. The number of aromatic amines is 2. The Balaban J connectivity index is 2.23. The predicted molar refractivity (Wildman–Crippen MR) is 119 cm³/mol. The van der Waals surface area contributed by atoms with E-state index in [0.717, 1.165) is 51.4 Å². The lowest BCUT2D eigenvalue weighted by molar-refractivity contribution is 0.0592. The quantitative estimate of drug-likeness (QED) is 0.160. The molecule has 0 aliphatic rings. The molecule has 0 saturated carbocycles. The van der Waals surface area contributed by atoms with Crippen LogP contribution in [0.15, 0.2) is 16.9 Å². The van der Waals surface area contributed by atoms with Gasteiger partial charge in [0.2, 0.25) is 0 Å². The summed E-state index contributed by atoms with van der Waals surface area (Å²) >= 11 is 4.92. The van der Waals surface area contributed by atoms with Gasteiger partial charge in [-0.1, -0.05) is 57.6 Å². The molecule has 6 nitrogen and oxygen atoms in total. The summed E-state index contributed by atoms with van der Waals surface area (Å²) in [7, 11) is 1.28. The molecule has 1 aromatic rings. The van der Waals surface area contributed by atoms with Crippen LogP contribution in [-0.4, -0.2) is 34.3 Å². The Kier molecular flexibility index (Phi) is 13.2. The molecule has 0 bridgehead atoms. The molecule has 0 aliphatic heterocycles. The number of ether oxygens (including phenoxy) is 1. The van der Waals surface area contributed by atoms with Gasteiger partial charge >= 0.3 is 5.97 Å². The number of H-pyrrole nitrogens is 2. The Morgan fingerprint density at radius 1 is 1.10 bits per heavy atom. The molecule has 164 valence electrons. The third-order valence-electron chi connectivity index (χ3n) is 4.94. The van der Waals surface area contributed by atoms with Gasteiger partial charge in [0.05, 0.1) is 13.2 Å². The van der Waals surface area contributed by atoms with E-state index >= 15 is 0 Å². The number of carbonyl (C=O) groups excluding carboxylic acids is 1. The third kappa shape index (κ3) is 10.6. The summed E-state index contributed by atoms with van der Waals surface area (Å²) in [5.41, 5.74) is 0.223. The number of allylic oxidation sites excluding steroid dienone is 1. The van der Waals surface area contributed by atoms with Gasteiger partial charge in [-0.3, -0.25) is 9.78 Å². The number of methoxy groups -OCH3 is 1. The van der Waals surface area contributed by atoms with Gasteiger partial charge < -0.3 is 14.8 Å². The van der Waals surface area contributed by atoms with Crippen molar-refractivity contribution < 1.29 is 14.6 Å². The molecule has 0 amide bonds. The average molecular weight is 425 g/mol. The van der Waals surface area contributed by atoms with E-state index in [2.05, 4.69) is 29.0 Å². The second-order valence-corrected chi connectivity index (χ2v) is 7.82. The minimum Gasteiger partial charge on any atom is -0.464 e. The number of hydrogen-bond donors (Lipinski definition) is 3. The zero-order chi connectivity index (χ0) is 21.5. The van der Waals surface area contributed by atoms with E-state index < -0.39 is 5.97 Å². The van der Waals surface area contributed by atoms with Crippen molar-refractivity contribution in [1.82, 2.24) is 9.97 Å². The zero-order valence-corrected chi connectivity index (χ0v) is 18.6. The lowest BCUT2D eigenvalue weighted by Crippen LogP contribution is -2.21. The van der Waals surface area contributed by atoms with Crippen molar-refractivity contribution in [3.8, 4) is 0 Å². The molecule has 0 unspecified atom stereocenters. The van der Waals surface area contributed by atoms with Crippen molar-refractivity contribution >= 4 is 18.2 Å². The van der Waals surface area contributed by atoms with Crippen LogP contribution in [0.25, 0.3) is 0 Å². The third-order valence-corrected chi connectivity index (χ3v) is 5.15. The molecule has 0 saturated heterocycles. The summed E-state index contributed by atoms with van der Waals surface area (Å²) in [6.07, 6.45) is 15.8. The Labute approximate surface area is 178 Å². The molecule has 0 spiro atoms. The number of aliphatic hydroxyl groups is 1. The Hall–Kier alpha value is -1.73. The van der Waals surface area contributed by atoms with Gasteiger partial charge in [0.25, 0.3) is 5.56 Å². The first-order valence-corrected chi connectivity index (χ1v) is 11.2. The molecule has 0 aliphatic carbocycles. The van der Waals surface area contributed by atoms with Gasteiger partial charge in [0.15, 0.2) is 4.77 Å². The van der Waals surface area contributed by atoms with Crippen LogP contribution < -0.4 is 5.56 Å². The van der Waals surface area contributed by atoms with Gasteiger partial charge in [-0.25, -0.2) is 4.79 Å². The monoisotopic (exact) mass is 424 g/mol. The smallest absolute Gasteiger partial charge is 0.355 e. The van der Waals surface area contributed by atoms with Crippen LogP contribution in [0.3, 0.4) is 0 Å². The minimum atomic E-state index is -0.574. The van der Waals surface area contributed by atoms with Crippen molar-refractivity contribution in [1.29, 1.82) is 0 Å². The first-order valence-electron chi connectivity index (χ1n) is 10.8. The predicted octanol–water partition coefficient (Wildman–Crippen LogP) is 4.99. The summed E-state index contributed by atoms with van der Waals surface area (Å²) in [5, 5.41) is 9.93. The fourth-order valence-electron chi connectivity index (χ4n) is 3.24. The Morgan fingerprint density at radius 3 is 2.55 bits per heavy atom. The maximum Gasteiger partial charge on any atom is 0.355 e. The number of hydrogen-bond acceptors (Lipinski definition) is 5. The second kappa shape index (κ2) is 15.2. The van der Waals surface area contributed by atoms with Crippen molar-refractivity contribution in [3.05, 3.63) is 38.5 Å². The molecule has 0 fully saturated rings. The Bertz CT molecular complexity index is 739. The summed E-state index contributed by atoms with van der Waals surface area (Å²) < 4.78 is 4.85. The minimum absolute atomic E-state index is 0.122. The average Bonchev–Trinajstić information content (AvgIpc) is 2.70. The highest BCUT2D eigenvalue weighted by Gasteiger charge is 2.15. The molecule has 0 radical (unpaired) electrons. The van der Waals surface area contributed by atoms with Gasteiger partial charge in [0.1, 0.15) is 5.69 Å². The fraction of sp³-hybridized carbons (Fsp3) is 0.682. The van der Waals surface area contributed by atoms with Crippen molar-refractivity contribution in [2.45, 2.75) is 90.1 Å². The van der Waals surface area contributed by atoms with E-state index in [-0.39, 0.29) is 22.1 Å². The van der Waals surface area contributed by atoms with E-state index in [1.807, 2.05) is 0 Å². The van der Waals surface area contributed by atoms with E-state index in [0.29, 0.717) is 12.0 Å². The van der Waals surface area contributed by atoms with Gasteiger partial charge in [-0.2, -0.15) is 0 Å².